The van der Waals surface area contributed by atoms with Crippen LogP contribution >= 0.6 is 11.6 Å². The Morgan fingerprint density at radius 1 is 1.00 bits per heavy atom. The molecule has 0 unspecified atom stereocenters. The third-order valence-corrected chi connectivity index (χ3v) is 2.67. The first-order valence-electron chi connectivity index (χ1n) is 4.98. The van der Waals surface area contributed by atoms with Gasteiger partial charge >= 0.3 is 0 Å². The predicted octanol–water partition coefficient (Wildman–Crippen LogP) is 0.225. The maximum Gasteiger partial charge on any atom is 0.0443 e. The van der Waals surface area contributed by atoms with Gasteiger partial charge in [-0.1, -0.05) is 0 Å². The van der Waals surface area contributed by atoms with Crippen molar-refractivity contribution in [3.63, 3.8) is 0 Å². The van der Waals surface area contributed by atoms with Gasteiger partial charge in [-0.25, -0.2) is 0 Å². The van der Waals surface area contributed by atoms with Crippen molar-refractivity contribution in [2.75, 3.05) is 51.8 Å². The molecular weight excluding hydrogens is 188 g/mol. The molecule has 1 N–H and O–H groups in total. The van der Waals surface area contributed by atoms with Crippen LogP contribution in [0.15, 0.2) is 0 Å². The highest BCUT2D eigenvalue weighted by Gasteiger charge is 2.14. The standard InChI is InChI=1S/C9H19ClN2O/c10-2-4-12-7-5-11(6-8-12)3-1-9-13/h13H,1-9H2. The summed E-state index contributed by atoms with van der Waals surface area (Å²) in [6, 6.07) is 0. The largest absolute Gasteiger partial charge is 0.396 e. The zero-order valence-electron chi connectivity index (χ0n) is 8.08. The molecule has 0 radical (unpaired) electrons. The molecule has 1 saturated heterocycles. The van der Waals surface area contributed by atoms with Crippen LogP contribution in [0.2, 0.25) is 0 Å². The van der Waals surface area contributed by atoms with E-state index in [1.807, 2.05) is 0 Å². The van der Waals surface area contributed by atoms with Crippen molar-refractivity contribution in [3.05, 3.63) is 0 Å². The second-order valence-corrected chi connectivity index (χ2v) is 3.83. The number of piperazine rings is 1. The van der Waals surface area contributed by atoms with Crippen molar-refractivity contribution in [1.82, 2.24) is 9.80 Å². The van der Waals surface area contributed by atoms with Crippen LogP contribution in [-0.2, 0) is 0 Å². The Morgan fingerprint density at radius 2 is 1.54 bits per heavy atom. The minimum absolute atomic E-state index is 0.307. The van der Waals surface area contributed by atoms with E-state index in [2.05, 4.69) is 9.80 Å². The van der Waals surface area contributed by atoms with E-state index in [4.69, 9.17) is 16.7 Å². The molecule has 0 aliphatic carbocycles. The first-order chi connectivity index (χ1) is 6.36. The normalized spacial score (nSPS) is 20.8. The molecule has 1 fully saturated rings. The van der Waals surface area contributed by atoms with Crippen molar-refractivity contribution in [1.29, 1.82) is 0 Å². The van der Waals surface area contributed by atoms with Gasteiger partial charge in [-0.3, -0.25) is 4.90 Å². The molecule has 0 amide bonds. The van der Waals surface area contributed by atoms with Gasteiger partial charge in [0.2, 0.25) is 0 Å². The number of alkyl halides is 1. The Bertz CT molecular complexity index is 127. The molecule has 4 heteroatoms. The summed E-state index contributed by atoms with van der Waals surface area (Å²) in [6.45, 7) is 6.84. The number of nitrogens with zero attached hydrogens (tertiary/aromatic N) is 2. The van der Waals surface area contributed by atoms with Gasteiger partial charge in [-0.2, -0.15) is 0 Å². The second-order valence-electron chi connectivity index (χ2n) is 3.45. The summed E-state index contributed by atoms with van der Waals surface area (Å²) in [7, 11) is 0. The molecule has 0 aromatic heterocycles. The van der Waals surface area contributed by atoms with Crippen LogP contribution in [-0.4, -0.2) is 66.7 Å². The number of aliphatic hydroxyl groups is 1. The summed E-state index contributed by atoms with van der Waals surface area (Å²) >= 11 is 5.67. The van der Waals surface area contributed by atoms with E-state index in [1.165, 1.54) is 0 Å². The van der Waals surface area contributed by atoms with Crippen molar-refractivity contribution < 1.29 is 5.11 Å². The maximum atomic E-state index is 8.68. The van der Waals surface area contributed by atoms with E-state index < -0.39 is 0 Å². The Morgan fingerprint density at radius 3 is 2.00 bits per heavy atom. The van der Waals surface area contributed by atoms with Gasteiger partial charge in [0.25, 0.3) is 0 Å². The molecule has 0 saturated carbocycles. The summed E-state index contributed by atoms with van der Waals surface area (Å²) in [5.74, 6) is 0.733. The zero-order valence-corrected chi connectivity index (χ0v) is 8.84. The summed E-state index contributed by atoms with van der Waals surface area (Å²) in [6.07, 6.45) is 0.898. The first kappa shape index (κ1) is 11.2. The predicted molar refractivity (Wildman–Crippen MR) is 55.3 cm³/mol. The Kier molecular flexibility index (Phi) is 5.71. The monoisotopic (exact) mass is 206 g/mol. The number of rotatable bonds is 5. The molecule has 0 aromatic carbocycles. The van der Waals surface area contributed by atoms with E-state index in [0.29, 0.717) is 6.61 Å². The maximum absolute atomic E-state index is 8.68. The molecule has 1 aliphatic rings. The number of aliphatic hydroxyl groups excluding tert-OH is 1. The lowest BCUT2D eigenvalue weighted by atomic mass is 10.3. The molecular formula is C9H19ClN2O. The summed E-state index contributed by atoms with van der Waals surface area (Å²) in [5.41, 5.74) is 0. The molecule has 0 bridgehead atoms. The van der Waals surface area contributed by atoms with Crippen LogP contribution in [0.1, 0.15) is 6.42 Å². The lowest BCUT2D eigenvalue weighted by Crippen LogP contribution is -2.47. The lowest BCUT2D eigenvalue weighted by molar-refractivity contribution is 0.129. The third kappa shape index (κ3) is 4.27. The van der Waals surface area contributed by atoms with Crippen LogP contribution < -0.4 is 0 Å². The minimum atomic E-state index is 0.307. The van der Waals surface area contributed by atoms with Gasteiger partial charge in [0.05, 0.1) is 0 Å². The van der Waals surface area contributed by atoms with Gasteiger partial charge in [0.15, 0.2) is 0 Å². The molecule has 1 rings (SSSR count). The van der Waals surface area contributed by atoms with Crippen molar-refractivity contribution in [3.8, 4) is 0 Å². The quantitative estimate of drug-likeness (QED) is 0.653. The zero-order chi connectivity index (χ0) is 9.52. The smallest absolute Gasteiger partial charge is 0.0443 e. The highest BCUT2D eigenvalue weighted by molar-refractivity contribution is 6.18. The summed E-state index contributed by atoms with van der Waals surface area (Å²) < 4.78 is 0. The minimum Gasteiger partial charge on any atom is -0.396 e. The van der Waals surface area contributed by atoms with E-state index in [9.17, 15) is 0 Å². The van der Waals surface area contributed by atoms with Crippen LogP contribution in [0.5, 0.6) is 0 Å². The SMILES string of the molecule is OCCCN1CCN(CCCl)CC1. The van der Waals surface area contributed by atoms with Crippen molar-refractivity contribution >= 4 is 11.6 Å². The Labute approximate surface area is 85.3 Å². The van der Waals surface area contributed by atoms with E-state index in [1.54, 1.807) is 0 Å². The van der Waals surface area contributed by atoms with Gasteiger partial charge in [0.1, 0.15) is 0 Å². The van der Waals surface area contributed by atoms with Crippen LogP contribution in [0.4, 0.5) is 0 Å². The van der Waals surface area contributed by atoms with Gasteiger partial charge < -0.3 is 10.0 Å². The molecule has 1 heterocycles. The van der Waals surface area contributed by atoms with Crippen LogP contribution in [0, 0.1) is 0 Å². The highest BCUT2D eigenvalue weighted by Crippen LogP contribution is 2.02. The van der Waals surface area contributed by atoms with Crippen molar-refractivity contribution in [2.24, 2.45) is 0 Å². The third-order valence-electron chi connectivity index (χ3n) is 2.50. The fourth-order valence-corrected chi connectivity index (χ4v) is 1.89. The van der Waals surface area contributed by atoms with Crippen LogP contribution in [0.25, 0.3) is 0 Å². The van der Waals surface area contributed by atoms with Crippen LogP contribution in [0.3, 0.4) is 0 Å². The molecule has 0 atom stereocenters. The average molecular weight is 207 g/mol. The Balaban J connectivity index is 2.08. The first-order valence-corrected chi connectivity index (χ1v) is 5.52. The van der Waals surface area contributed by atoms with Gasteiger partial charge in [-0.15, -0.1) is 11.6 Å². The van der Waals surface area contributed by atoms with Gasteiger partial charge in [0, 0.05) is 51.8 Å². The van der Waals surface area contributed by atoms with Gasteiger partial charge in [-0.05, 0) is 6.42 Å². The summed E-state index contributed by atoms with van der Waals surface area (Å²) in [4.78, 5) is 4.80. The Hall–Kier alpha value is 0.170. The fraction of sp³-hybridized carbons (Fsp3) is 1.00. The lowest BCUT2D eigenvalue weighted by Gasteiger charge is -2.34. The summed E-state index contributed by atoms with van der Waals surface area (Å²) in [5, 5.41) is 8.68. The fourth-order valence-electron chi connectivity index (χ4n) is 1.65. The van der Waals surface area contributed by atoms with Crippen molar-refractivity contribution in [2.45, 2.75) is 6.42 Å². The molecule has 13 heavy (non-hydrogen) atoms. The number of hydrogen-bond donors (Lipinski definition) is 1. The second kappa shape index (κ2) is 6.60. The average Bonchev–Trinajstić information content (AvgIpc) is 2.17. The van der Waals surface area contributed by atoms with E-state index >= 15 is 0 Å². The van der Waals surface area contributed by atoms with E-state index in [-0.39, 0.29) is 0 Å². The highest BCUT2D eigenvalue weighted by atomic mass is 35.5. The number of hydrogen-bond acceptors (Lipinski definition) is 3. The molecule has 78 valence electrons. The molecule has 0 spiro atoms. The molecule has 3 nitrogen and oxygen atoms in total. The van der Waals surface area contributed by atoms with E-state index in [0.717, 1.165) is 51.6 Å². The molecule has 1 aliphatic heterocycles. The molecule has 0 aromatic rings. The number of halogens is 1. The topological polar surface area (TPSA) is 26.7 Å².